The molecule has 148 valence electrons. The third-order valence-corrected chi connectivity index (χ3v) is 10.0. The van der Waals surface area contributed by atoms with Gasteiger partial charge in [0.1, 0.15) is 12.6 Å². The quantitative estimate of drug-likeness (QED) is 0.516. The molecule has 0 radical (unpaired) electrons. The van der Waals surface area contributed by atoms with Crippen LogP contribution in [0.5, 0.6) is 0 Å². The Kier molecular flexibility index (Phi) is 7.63. The molecule has 0 spiro atoms. The second kappa shape index (κ2) is 8.68. The van der Waals surface area contributed by atoms with Crippen molar-refractivity contribution >= 4 is 14.3 Å². The third-order valence-electron chi connectivity index (χ3n) is 5.44. The number of hydrogen-bond acceptors (Lipinski definition) is 4. The predicted octanol–water partition coefficient (Wildman–Crippen LogP) is 4.88. The summed E-state index contributed by atoms with van der Waals surface area (Å²) in [5.41, 5.74) is 6.79. The lowest BCUT2D eigenvalue weighted by molar-refractivity contribution is -0.149. The van der Waals surface area contributed by atoms with Crippen molar-refractivity contribution in [3.63, 3.8) is 0 Å². The minimum atomic E-state index is -1.85. The Morgan fingerprint density at radius 1 is 1.12 bits per heavy atom. The molecule has 0 amide bonds. The van der Waals surface area contributed by atoms with E-state index in [-0.39, 0.29) is 23.7 Å². The first-order valence-electron chi connectivity index (χ1n) is 9.40. The molecule has 0 saturated carbocycles. The Morgan fingerprint density at radius 2 is 1.65 bits per heavy atom. The van der Waals surface area contributed by atoms with Crippen molar-refractivity contribution < 1.29 is 14.0 Å². The molecule has 0 aliphatic rings. The predicted molar refractivity (Wildman–Crippen MR) is 110 cm³/mol. The van der Waals surface area contributed by atoms with E-state index in [1.807, 2.05) is 44.2 Å². The highest BCUT2D eigenvalue weighted by molar-refractivity contribution is 6.74. The van der Waals surface area contributed by atoms with Crippen LogP contribution in [0.3, 0.4) is 0 Å². The lowest BCUT2D eigenvalue weighted by atomic mass is 9.80. The molecule has 1 rings (SSSR count). The fourth-order valence-electron chi connectivity index (χ4n) is 2.73. The van der Waals surface area contributed by atoms with Gasteiger partial charge in [-0.1, -0.05) is 65.0 Å². The zero-order valence-corrected chi connectivity index (χ0v) is 18.8. The van der Waals surface area contributed by atoms with Crippen LogP contribution in [0.2, 0.25) is 18.1 Å². The Hall–Kier alpha value is -1.17. The molecule has 1 aromatic carbocycles. The lowest BCUT2D eigenvalue weighted by Crippen LogP contribution is -2.49. The lowest BCUT2D eigenvalue weighted by Gasteiger charge is -2.41. The van der Waals surface area contributed by atoms with Crippen LogP contribution in [0.15, 0.2) is 30.3 Å². The maximum Gasteiger partial charge on any atom is 0.323 e. The minimum absolute atomic E-state index is 0.0406. The highest BCUT2D eigenvalue weighted by atomic mass is 28.4. The number of nitrogens with two attached hydrogens (primary N) is 1. The zero-order chi connectivity index (χ0) is 20.2. The van der Waals surface area contributed by atoms with Crippen LogP contribution in [0.1, 0.15) is 53.5 Å². The largest absolute Gasteiger partial charge is 0.460 e. The van der Waals surface area contributed by atoms with E-state index in [2.05, 4.69) is 40.8 Å². The molecule has 0 heterocycles. The number of hydrogen-bond donors (Lipinski definition) is 1. The maximum atomic E-state index is 12.4. The first-order chi connectivity index (χ1) is 11.8. The molecule has 2 unspecified atom stereocenters. The SMILES string of the molecule is CC(CC(C)(C)C(N)C(=O)OCc1ccccc1)O[Si](C)(C)C(C)(C)C. The summed E-state index contributed by atoms with van der Waals surface area (Å²) in [5.74, 6) is -0.363. The van der Waals surface area contributed by atoms with E-state index in [0.717, 1.165) is 5.56 Å². The van der Waals surface area contributed by atoms with Gasteiger partial charge in [-0.15, -0.1) is 0 Å². The van der Waals surface area contributed by atoms with E-state index < -0.39 is 19.8 Å². The van der Waals surface area contributed by atoms with Crippen LogP contribution < -0.4 is 5.73 Å². The summed E-state index contributed by atoms with van der Waals surface area (Å²) < 4.78 is 11.8. The molecule has 2 atom stereocenters. The third kappa shape index (κ3) is 6.52. The van der Waals surface area contributed by atoms with Crippen molar-refractivity contribution in [2.75, 3.05) is 0 Å². The highest BCUT2D eigenvalue weighted by Gasteiger charge is 2.41. The van der Waals surface area contributed by atoms with Gasteiger partial charge in [-0.3, -0.25) is 4.79 Å². The van der Waals surface area contributed by atoms with Crippen LogP contribution in [-0.2, 0) is 20.6 Å². The normalized spacial score (nSPS) is 15.4. The van der Waals surface area contributed by atoms with Crippen LogP contribution in [0.25, 0.3) is 0 Å². The van der Waals surface area contributed by atoms with Gasteiger partial charge in [0.05, 0.1) is 0 Å². The average molecular weight is 380 g/mol. The number of esters is 1. The summed E-state index contributed by atoms with van der Waals surface area (Å²) in [5, 5.41) is 0.155. The van der Waals surface area contributed by atoms with E-state index in [0.29, 0.717) is 6.42 Å². The molecule has 0 aliphatic carbocycles. The first-order valence-corrected chi connectivity index (χ1v) is 12.3. The summed E-state index contributed by atoms with van der Waals surface area (Å²) in [6.45, 7) is 17.5. The molecule has 4 nitrogen and oxygen atoms in total. The molecule has 2 N–H and O–H groups in total. The molecule has 5 heteroatoms. The molecule has 0 bridgehead atoms. The van der Waals surface area contributed by atoms with Crippen LogP contribution in [-0.4, -0.2) is 26.4 Å². The van der Waals surface area contributed by atoms with Crippen molar-refractivity contribution in [1.82, 2.24) is 0 Å². The van der Waals surface area contributed by atoms with Crippen molar-refractivity contribution in [2.24, 2.45) is 11.1 Å². The summed E-state index contributed by atoms with van der Waals surface area (Å²) in [6.07, 6.45) is 0.750. The Morgan fingerprint density at radius 3 is 2.15 bits per heavy atom. The van der Waals surface area contributed by atoms with Gasteiger partial charge in [-0.25, -0.2) is 0 Å². The van der Waals surface area contributed by atoms with Gasteiger partial charge in [0, 0.05) is 6.10 Å². The Labute approximate surface area is 160 Å². The fourth-order valence-corrected chi connectivity index (χ4v) is 4.17. The molecular weight excluding hydrogens is 342 g/mol. The molecule has 0 saturated heterocycles. The Balaban J connectivity index is 2.63. The Bertz CT molecular complexity index is 579. The minimum Gasteiger partial charge on any atom is -0.460 e. The maximum absolute atomic E-state index is 12.4. The second-order valence-electron chi connectivity index (χ2n) is 9.45. The van der Waals surface area contributed by atoms with E-state index in [1.165, 1.54) is 0 Å². The summed E-state index contributed by atoms with van der Waals surface area (Å²) >= 11 is 0. The topological polar surface area (TPSA) is 61.6 Å². The highest BCUT2D eigenvalue weighted by Crippen LogP contribution is 2.39. The zero-order valence-electron chi connectivity index (χ0n) is 17.8. The van der Waals surface area contributed by atoms with Crippen LogP contribution in [0, 0.1) is 5.41 Å². The molecular formula is C21H37NO3Si. The number of rotatable bonds is 8. The second-order valence-corrected chi connectivity index (χ2v) is 14.2. The van der Waals surface area contributed by atoms with Crippen molar-refractivity contribution in [1.29, 1.82) is 0 Å². The van der Waals surface area contributed by atoms with E-state index in [4.69, 9.17) is 14.9 Å². The van der Waals surface area contributed by atoms with Gasteiger partial charge in [0.2, 0.25) is 0 Å². The first kappa shape index (κ1) is 22.9. The molecule has 26 heavy (non-hydrogen) atoms. The van der Waals surface area contributed by atoms with Gasteiger partial charge < -0.3 is 14.9 Å². The van der Waals surface area contributed by atoms with Crippen LogP contribution >= 0.6 is 0 Å². The van der Waals surface area contributed by atoms with E-state index in [9.17, 15) is 4.79 Å². The van der Waals surface area contributed by atoms with Gasteiger partial charge >= 0.3 is 5.97 Å². The van der Waals surface area contributed by atoms with E-state index in [1.54, 1.807) is 0 Å². The van der Waals surface area contributed by atoms with Gasteiger partial charge in [-0.2, -0.15) is 0 Å². The number of ether oxygens (including phenoxy) is 1. The standard InChI is InChI=1S/C21H37NO3Si/c1-16(25-26(7,8)20(2,3)4)14-21(5,6)18(22)19(23)24-15-17-12-10-9-11-13-17/h9-13,16,18H,14-15,22H2,1-8H3. The van der Waals surface area contributed by atoms with Crippen molar-refractivity contribution in [3.05, 3.63) is 35.9 Å². The summed E-state index contributed by atoms with van der Waals surface area (Å²) in [7, 11) is -1.85. The summed E-state index contributed by atoms with van der Waals surface area (Å²) in [4.78, 5) is 12.4. The smallest absolute Gasteiger partial charge is 0.323 e. The molecule has 0 fully saturated rings. The number of carbonyl (C=O) groups is 1. The molecule has 1 aromatic rings. The van der Waals surface area contributed by atoms with Gasteiger partial charge in [-0.05, 0) is 42.5 Å². The van der Waals surface area contributed by atoms with Crippen molar-refractivity contribution in [2.45, 2.75) is 84.8 Å². The summed E-state index contributed by atoms with van der Waals surface area (Å²) in [6, 6.07) is 8.96. The molecule has 0 aliphatic heterocycles. The van der Waals surface area contributed by atoms with Crippen molar-refractivity contribution in [3.8, 4) is 0 Å². The van der Waals surface area contributed by atoms with E-state index >= 15 is 0 Å². The average Bonchev–Trinajstić information content (AvgIpc) is 2.50. The monoisotopic (exact) mass is 379 g/mol. The van der Waals surface area contributed by atoms with Gasteiger partial charge in [0.25, 0.3) is 0 Å². The fraction of sp³-hybridized carbons (Fsp3) is 0.667. The van der Waals surface area contributed by atoms with Crippen LogP contribution in [0.4, 0.5) is 0 Å². The molecule has 0 aromatic heterocycles. The number of benzene rings is 1. The van der Waals surface area contributed by atoms with Gasteiger partial charge in [0.15, 0.2) is 8.32 Å². The number of carbonyl (C=O) groups excluding carboxylic acids is 1.